The predicted molar refractivity (Wildman–Crippen MR) is 166 cm³/mol. The van der Waals surface area contributed by atoms with Gasteiger partial charge in [0.2, 0.25) is 11.6 Å². The average molecular weight is 617 g/mol. The van der Waals surface area contributed by atoms with Crippen molar-refractivity contribution < 1.29 is 38.5 Å². The average Bonchev–Trinajstić information content (AvgIpc) is 2.95. The summed E-state index contributed by atoms with van der Waals surface area (Å²) in [4.78, 5) is 53.7. The van der Waals surface area contributed by atoms with E-state index < -0.39 is 53.9 Å². The van der Waals surface area contributed by atoms with Crippen LogP contribution in [0.2, 0.25) is 0 Å². The molecule has 2 amide bonds. The zero-order chi connectivity index (χ0) is 33.1. The largest absolute Gasteiger partial charge is 0.439 e. The molecule has 0 saturated carbocycles. The standard InChI is InChI=1S/C32H48N4O8/c1-18-14-22-27(34-12-13-36(5)6)24(37)17-23(29(22)39)35-31(40)19(2)10-9-11-25(42-7)30(44-32(33)41)21(4)16-20(3)28(38)26(15-18)43-8/h9-11,16-18,20,25-26,28,30,34,38H,12-15H2,1-8H3,(H2,33,41)(H,35,40)/b11-9-,19-10+,21-16+/t18-,20+,25-,26+,28-,30-/m1/s1. The molecule has 0 spiro atoms. The maximum atomic E-state index is 13.7. The van der Waals surface area contributed by atoms with E-state index in [0.717, 1.165) is 6.08 Å². The third-order valence-electron chi connectivity index (χ3n) is 7.65. The highest BCUT2D eigenvalue weighted by Gasteiger charge is 2.33. The van der Waals surface area contributed by atoms with Crippen molar-refractivity contribution in [1.82, 2.24) is 15.5 Å². The summed E-state index contributed by atoms with van der Waals surface area (Å²) in [6, 6.07) is 0. The normalized spacial score (nSPS) is 31.0. The van der Waals surface area contributed by atoms with E-state index in [-0.39, 0.29) is 34.9 Å². The van der Waals surface area contributed by atoms with Crippen molar-refractivity contribution in [3.05, 3.63) is 58.5 Å². The number of allylic oxidation sites excluding steroid dienone is 4. The second-order valence-corrected chi connectivity index (χ2v) is 11.7. The van der Waals surface area contributed by atoms with Crippen molar-refractivity contribution >= 4 is 23.6 Å². The number of ketones is 2. The number of hydrogen-bond donors (Lipinski definition) is 4. The van der Waals surface area contributed by atoms with Crippen LogP contribution in [0.3, 0.4) is 0 Å². The van der Waals surface area contributed by atoms with E-state index in [1.807, 2.05) is 32.8 Å². The van der Waals surface area contributed by atoms with Crippen LogP contribution in [0.5, 0.6) is 0 Å². The zero-order valence-corrected chi connectivity index (χ0v) is 27.0. The molecule has 6 atom stereocenters. The molecule has 2 bridgehead atoms. The fraction of sp³-hybridized carbons (Fsp3) is 0.562. The summed E-state index contributed by atoms with van der Waals surface area (Å²) in [6.45, 7) is 8.09. The molecule has 12 heteroatoms. The number of nitrogens with two attached hydrogens (primary N) is 1. The van der Waals surface area contributed by atoms with Gasteiger partial charge in [-0.25, -0.2) is 4.79 Å². The van der Waals surface area contributed by atoms with Crippen LogP contribution in [0.25, 0.3) is 0 Å². The van der Waals surface area contributed by atoms with Crippen LogP contribution in [0.1, 0.15) is 40.5 Å². The Hall–Kier alpha value is -3.58. The van der Waals surface area contributed by atoms with Gasteiger partial charge < -0.3 is 40.6 Å². The molecule has 1 aliphatic heterocycles. The Kier molecular flexibility index (Phi) is 14.2. The highest BCUT2D eigenvalue weighted by Crippen LogP contribution is 2.28. The van der Waals surface area contributed by atoms with Crippen LogP contribution in [-0.4, -0.2) is 99.4 Å². The van der Waals surface area contributed by atoms with Gasteiger partial charge in [-0.05, 0) is 52.3 Å². The Balaban J connectivity index is 2.60. The number of nitrogens with one attached hydrogen (secondary N) is 2. The Labute approximate surface area is 260 Å². The number of carbonyl (C=O) groups excluding carboxylic acids is 4. The minimum atomic E-state index is -0.997. The van der Waals surface area contributed by atoms with E-state index in [2.05, 4.69) is 10.6 Å². The van der Waals surface area contributed by atoms with Gasteiger partial charge in [0.25, 0.3) is 5.91 Å². The SMILES string of the molecule is CO[C@H]1C[C@H](C)CC2=C(NCCN(C)C)C(=O)C=C(NC(=O)/C(C)=C/C=C\[C@@H](OC)[C@H](OC(N)=O)/C(C)=C/[C@H](C)[C@H]1O)C2=O. The molecule has 0 aromatic heterocycles. The van der Waals surface area contributed by atoms with E-state index in [4.69, 9.17) is 19.9 Å². The first-order valence-electron chi connectivity index (χ1n) is 14.7. The zero-order valence-electron chi connectivity index (χ0n) is 27.0. The van der Waals surface area contributed by atoms with Gasteiger partial charge in [0, 0.05) is 50.4 Å². The molecule has 44 heavy (non-hydrogen) atoms. The van der Waals surface area contributed by atoms with Gasteiger partial charge in [-0.15, -0.1) is 0 Å². The van der Waals surface area contributed by atoms with Crippen LogP contribution < -0.4 is 16.4 Å². The molecule has 2 aliphatic rings. The third kappa shape index (κ3) is 10.3. The van der Waals surface area contributed by atoms with Gasteiger partial charge in [0.15, 0.2) is 6.10 Å². The number of aliphatic hydroxyl groups is 1. The van der Waals surface area contributed by atoms with Gasteiger partial charge >= 0.3 is 6.09 Å². The number of methoxy groups -OCH3 is 2. The van der Waals surface area contributed by atoms with Gasteiger partial charge in [-0.3, -0.25) is 14.4 Å². The van der Waals surface area contributed by atoms with Crippen LogP contribution >= 0.6 is 0 Å². The maximum Gasteiger partial charge on any atom is 0.405 e. The summed E-state index contributed by atoms with van der Waals surface area (Å²) in [5.41, 5.74) is 6.55. The number of primary amides is 1. The van der Waals surface area contributed by atoms with Crippen molar-refractivity contribution in [2.45, 2.75) is 65.0 Å². The molecular weight excluding hydrogens is 568 g/mol. The van der Waals surface area contributed by atoms with Crippen LogP contribution in [0.15, 0.2) is 58.5 Å². The minimum Gasteiger partial charge on any atom is -0.439 e. The lowest BCUT2D eigenvalue weighted by atomic mass is 9.85. The summed E-state index contributed by atoms with van der Waals surface area (Å²) in [6.07, 6.45) is 3.88. The van der Waals surface area contributed by atoms with Crippen molar-refractivity contribution in [3.8, 4) is 0 Å². The Morgan fingerprint density at radius 3 is 2.43 bits per heavy atom. The molecule has 0 saturated heterocycles. The smallest absolute Gasteiger partial charge is 0.405 e. The molecule has 0 aromatic rings. The number of carbonyl (C=O) groups is 4. The first-order chi connectivity index (χ1) is 20.7. The topological polar surface area (TPSA) is 170 Å². The Morgan fingerprint density at radius 1 is 1.16 bits per heavy atom. The summed E-state index contributed by atoms with van der Waals surface area (Å²) in [7, 11) is 6.74. The summed E-state index contributed by atoms with van der Waals surface area (Å²) in [5.74, 6) is -2.06. The molecular formula is C32H48N4O8. The van der Waals surface area contributed by atoms with E-state index in [1.165, 1.54) is 20.3 Å². The number of amides is 2. The molecule has 244 valence electrons. The number of likely N-dealkylation sites (N-methyl/N-ethyl adjacent to an activating group) is 1. The van der Waals surface area contributed by atoms with Crippen molar-refractivity contribution in [2.24, 2.45) is 17.6 Å². The number of rotatable bonds is 7. The first-order valence-corrected chi connectivity index (χ1v) is 14.7. The lowest BCUT2D eigenvalue weighted by Crippen LogP contribution is -2.38. The fourth-order valence-corrected chi connectivity index (χ4v) is 5.18. The Morgan fingerprint density at radius 2 is 1.84 bits per heavy atom. The van der Waals surface area contributed by atoms with E-state index in [1.54, 1.807) is 32.1 Å². The minimum absolute atomic E-state index is 0.114. The molecule has 0 unspecified atom stereocenters. The fourth-order valence-electron chi connectivity index (χ4n) is 5.18. The molecule has 12 nitrogen and oxygen atoms in total. The molecule has 0 radical (unpaired) electrons. The van der Waals surface area contributed by atoms with Crippen LogP contribution in [0, 0.1) is 11.8 Å². The highest BCUT2D eigenvalue weighted by molar-refractivity contribution is 6.23. The number of hydrogen-bond acceptors (Lipinski definition) is 10. The number of aliphatic hydroxyl groups excluding tert-OH is 1. The van der Waals surface area contributed by atoms with Gasteiger partial charge in [0.1, 0.15) is 6.10 Å². The molecule has 5 N–H and O–H groups in total. The lowest BCUT2D eigenvalue weighted by Gasteiger charge is -2.30. The second-order valence-electron chi connectivity index (χ2n) is 11.7. The van der Waals surface area contributed by atoms with Gasteiger partial charge in [0.05, 0.1) is 23.6 Å². The molecule has 2 rings (SSSR count). The second kappa shape index (κ2) is 17.0. The molecule has 1 aliphatic carbocycles. The highest BCUT2D eigenvalue weighted by atomic mass is 16.6. The lowest BCUT2D eigenvalue weighted by molar-refractivity contribution is -0.120. The van der Waals surface area contributed by atoms with Crippen molar-refractivity contribution in [3.63, 3.8) is 0 Å². The van der Waals surface area contributed by atoms with Crippen molar-refractivity contribution in [1.29, 1.82) is 0 Å². The van der Waals surface area contributed by atoms with E-state index in [0.29, 0.717) is 25.1 Å². The van der Waals surface area contributed by atoms with Crippen LogP contribution in [0.4, 0.5) is 4.79 Å². The molecule has 0 aromatic carbocycles. The predicted octanol–water partition coefficient (Wildman–Crippen LogP) is 1.91. The quantitative estimate of drug-likeness (QED) is 0.245. The maximum absolute atomic E-state index is 13.7. The number of nitrogens with zero attached hydrogens (tertiary/aromatic N) is 1. The summed E-state index contributed by atoms with van der Waals surface area (Å²) >= 11 is 0. The third-order valence-corrected chi connectivity index (χ3v) is 7.65. The van der Waals surface area contributed by atoms with Gasteiger partial charge in [-0.1, -0.05) is 38.2 Å². The monoisotopic (exact) mass is 616 g/mol. The van der Waals surface area contributed by atoms with Crippen LogP contribution in [-0.2, 0) is 28.6 Å². The summed E-state index contributed by atoms with van der Waals surface area (Å²) < 4.78 is 16.6. The first kappa shape index (κ1) is 36.6. The molecule has 1 heterocycles. The number of ether oxygens (including phenoxy) is 3. The van der Waals surface area contributed by atoms with Gasteiger partial charge in [-0.2, -0.15) is 0 Å². The van der Waals surface area contributed by atoms with E-state index >= 15 is 0 Å². The summed E-state index contributed by atoms with van der Waals surface area (Å²) in [5, 5.41) is 17.0. The van der Waals surface area contributed by atoms with Crippen molar-refractivity contribution in [2.75, 3.05) is 41.4 Å². The Bertz CT molecular complexity index is 1230. The van der Waals surface area contributed by atoms with E-state index in [9.17, 15) is 24.3 Å². The molecule has 0 fully saturated rings. The number of fused-ring (bicyclic) bond motifs is 2. The number of Topliss-reactive ketones (excluding diaryl/α,β-unsaturated/α-hetero) is 1.